The Kier molecular flexibility index (Phi) is 6.51. The van der Waals surface area contributed by atoms with E-state index in [0.717, 1.165) is 72.8 Å². The summed E-state index contributed by atoms with van der Waals surface area (Å²) in [4.78, 5) is 26.2. The van der Waals surface area contributed by atoms with Crippen LogP contribution in [-0.2, 0) is 9.47 Å². The predicted octanol–water partition coefficient (Wildman–Crippen LogP) is 2.43. The van der Waals surface area contributed by atoms with Crippen molar-refractivity contribution >= 4 is 27.6 Å². The summed E-state index contributed by atoms with van der Waals surface area (Å²) < 4.78 is 10.6. The third-order valence-electron chi connectivity index (χ3n) is 5.73. The molecule has 2 saturated heterocycles. The molecule has 1 atom stereocenters. The highest BCUT2D eigenvalue weighted by Crippen LogP contribution is 2.39. The highest BCUT2D eigenvalue weighted by Gasteiger charge is 2.32. The molecule has 1 amide bonds. The van der Waals surface area contributed by atoms with E-state index in [4.69, 9.17) is 9.47 Å². The molecule has 2 fully saturated rings. The number of carbonyl (C=O) groups excluding carboxylic acids is 1. The number of fused-ring (bicyclic) bond motifs is 1. The van der Waals surface area contributed by atoms with Crippen LogP contribution in [0.2, 0.25) is 0 Å². The van der Waals surface area contributed by atoms with E-state index in [1.54, 1.807) is 19.5 Å². The van der Waals surface area contributed by atoms with E-state index >= 15 is 0 Å². The monoisotopic (exact) mass is 404 g/mol. The van der Waals surface area contributed by atoms with Crippen molar-refractivity contribution in [3.63, 3.8) is 0 Å². The average molecular weight is 405 g/mol. The van der Waals surface area contributed by atoms with Crippen molar-refractivity contribution in [2.24, 2.45) is 0 Å². The first-order valence-corrected chi connectivity index (χ1v) is 10.9. The fourth-order valence-corrected chi connectivity index (χ4v) is 5.47. The van der Waals surface area contributed by atoms with Crippen molar-refractivity contribution in [2.75, 3.05) is 46.6 Å². The number of thiophene rings is 1. The van der Waals surface area contributed by atoms with Gasteiger partial charge in [0.1, 0.15) is 10.3 Å². The molecular formula is C20H28N4O3S. The smallest absolute Gasteiger partial charge is 0.261 e. The zero-order valence-electron chi connectivity index (χ0n) is 16.4. The van der Waals surface area contributed by atoms with Crippen LogP contribution in [0.5, 0.6) is 0 Å². The number of nitrogens with zero attached hydrogens (tertiary/aromatic N) is 3. The zero-order chi connectivity index (χ0) is 19.3. The molecule has 28 heavy (non-hydrogen) atoms. The molecule has 2 aliphatic heterocycles. The number of carbonyl (C=O) groups is 1. The van der Waals surface area contributed by atoms with Gasteiger partial charge in [-0.2, -0.15) is 0 Å². The standard InChI is InChI=1S/C20H28N4O3S/c1-26-12-8-22-19(25)18-16(17-20(28-18)23-7-6-21-17)14-3-2-9-24(13-14)15-4-10-27-11-5-15/h6-7,14-15H,2-5,8-13H2,1H3,(H,22,25). The lowest BCUT2D eigenvalue weighted by Gasteiger charge is -2.40. The number of amides is 1. The van der Waals surface area contributed by atoms with E-state index in [9.17, 15) is 4.79 Å². The van der Waals surface area contributed by atoms with Crippen LogP contribution in [0.4, 0.5) is 0 Å². The van der Waals surface area contributed by atoms with Gasteiger partial charge in [0.2, 0.25) is 0 Å². The van der Waals surface area contributed by atoms with E-state index in [2.05, 4.69) is 20.2 Å². The minimum atomic E-state index is -0.0416. The number of likely N-dealkylation sites (tertiary alicyclic amines) is 1. The molecule has 2 aromatic rings. The van der Waals surface area contributed by atoms with Gasteiger partial charge in [0.25, 0.3) is 5.91 Å². The molecule has 0 spiro atoms. The topological polar surface area (TPSA) is 76.6 Å². The highest BCUT2D eigenvalue weighted by molar-refractivity contribution is 7.20. The molecule has 0 radical (unpaired) electrons. The lowest BCUT2D eigenvalue weighted by atomic mass is 9.88. The fraction of sp³-hybridized carbons (Fsp3) is 0.650. The quantitative estimate of drug-likeness (QED) is 0.745. The second kappa shape index (κ2) is 9.26. The summed E-state index contributed by atoms with van der Waals surface area (Å²) in [5.41, 5.74) is 1.97. The summed E-state index contributed by atoms with van der Waals surface area (Å²) in [6, 6.07) is 0.589. The van der Waals surface area contributed by atoms with Gasteiger partial charge in [0.15, 0.2) is 0 Å². The van der Waals surface area contributed by atoms with Crippen molar-refractivity contribution in [1.29, 1.82) is 0 Å². The number of hydrogen-bond acceptors (Lipinski definition) is 7. The Hall–Kier alpha value is -1.61. The van der Waals surface area contributed by atoms with E-state index in [0.29, 0.717) is 25.1 Å². The predicted molar refractivity (Wildman–Crippen MR) is 109 cm³/mol. The second-order valence-electron chi connectivity index (χ2n) is 7.48. The summed E-state index contributed by atoms with van der Waals surface area (Å²) in [7, 11) is 1.64. The molecule has 2 aliphatic rings. The molecule has 1 unspecified atom stereocenters. The third kappa shape index (κ3) is 4.20. The minimum absolute atomic E-state index is 0.0416. The second-order valence-corrected chi connectivity index (χ2v) is 8.48. The fourth-order valence-electron chi connectivity index (χ4n) is 4.36. The largest absolute Gasteiger partial charge is 0.383 e. The van der Waals surface area contributed by atoms with Gasteiger partial charge in [0.05, 0.1) is 11.5 Å². The maximum Gasteiger partial charge on any atom is 0.261 e. The summed E-state index contributed by atoms with van der Waals surface area (Å²) in [5.74, 6) is 0.269. The number of piperidine rings is 1. The van der Waals surface area contributed by atoms with Crippen LogP contribution in [0.15, 0.2) is 12.4 Å². The molecule has 4 heterocycles. The van der Waals surface area contributed by atoms with Gasteiger partial charge in [-0.3, -0.25) is 14.7 Å². The van der Waals surface area contributed by atoms with Crippen LogP contribution in [0, 0.1) is 0 Å². The molecule has 0 aromatic carbocycles. The maximum absolute atomic E-state index is 12.9. The van der Waals surface area contributed by atoms with Gasteiger partial charge in [0, 0.05) is 63.3 Å². The van der Waals surface area contributed by atoms with Crippen LogP contribution in [0.1, 0.15) is 46.8 Å². The molecule has 0 bridgehead atoms. The van der Waals surface area contributed by atoms with E-state index in [1.807, 2.05) is 0 Å². The Labute approximate surface area is 169 Å². The van der Waals surface area contributed by atoms with Crippen LogP contribution in [-0.4, -0.2) is 73.4 Å². The van der Waals surface area contributed by atoms with Crippen molar-refractivity contribution < 1.29 is 14.3 Å². The zero-order valence-corrected chi connectivity index (χ0v) is 17.2. The SMILES string of the molecule is COCCNC(=O)c1sc2nccnc2c1C1CCCN(C2CCOCC2)C1. The number of methoxy groups -OCH3 is 1. The van der Waals surface area contributed by atoms with E-state index in [1.165, 1.54) is 11.3 Å². The van der Waals surface area contributed by atoms with E-state index < -0.39 is 0 Å². The summed E-state index contributed by atoms with van der Waals surface area (Å²) in [6.07, 6.45) is 7.85. The van der Waals surface area contributed by atoms with Crippen LogP contribution < -0.4 is 5.32 Å². The highest BCUT2D eigenvalue weighted by atomic mass is 32.1. The molecule has 7 nitrogen and oxygen atoms in total. The summed E-state index contributed by atoms with van der Waals surface area (Å²) >= 11 is 1.46. The van der Waals surface area contributed by atoms with Crippen molar-refractivity contribution in [2.45, 2.75) is 37.6 Å². The van der Waals surface area contributed by atoms with Gasteiger partial charge >= 0.3 is 0 Å². The molecule has 8 heteroatoms. The van der Waals surface area contributed by atoms with E-state index in [-0.39, 0.29) is 5.91 Å². The van der Waals surface area contributed by atoms with Gasteiger partial charge in [-0.05, 0) is 32.2 Å². The van der Waals surface area contributed by atoms with Crippen molar-refractivity contribution in [3.05, 3.63) is 22.8 Å². The Morgan fingerprint density at radius 1 is 1.32 bits per heavy atom. The Morgan fingerprint density at radius 3 is 2.96 bits per heavy atom. The Morgan fingerprint density at radius 2 is 2.14 bits per heavy atom. The van der Waals surface area contributed by atoms with Crippen LogP contribution in [0.25, 0.3) is 10.3 Å². The first-order valence-electron chi connectivity index (χ1n) is 10.1. The number of nitrogens with one attached hydrogen (secondary N) is 1. The van der Waals surface area contributed by atoms with Crippen LogP contribution >= 0.6 is 11.3 Å². The molecular weight excluding hydrogens is 376 g/mol. The average Bonchev–Trinajstić information content (AvgIpc) is 3.14. The third-order valence-corrected chi connectivity index (χ3v) is 6.83. The Balaban J connectivity index is 1.60. The molecule has 1 N–H and O–H groups in total. The lowest BCUT2D eigenvalue weighted by Crippen LogP contribution is -2.44. The van der Waals surface area contributed by atoms with Gasteiger partial charge in [-0.25, -0.2) is 4.98 Å². The number of aromatic nitrogens is 2. The maximum atomic E-state index is 12.9. The molecule has 0 saturated carbocycles. The summed E-state index contributed by atoms with van der Waals surface area (Å²) in [5, 5.41) is 2.98. The molecule has 0 aliphatic carbocycles. The van der Waals surface area contributed by atoms with Gasteiger partial charge < -0.3 is 14.8 Å². The molecule has 152 valence electrons. The van der Waals surface area contributed by atoms with Gasteiger partial charge in [-0.15, -0.1) is 11.3 Å². The molecule has 4 rings (SSSR count). The van der Waals surface area contributed by atoms with Crippen molar-refractivity contribution in [1.82, 2.24) is 20.2 Å². The minimum Gasteiger partial charge on any atom is -0.383 e. The Bertz CT molecular complexity index is 806. The van der Waals surface area contributed by atoms with Crippen molar-refractivity contribution in [3.8, 4) is 0 Å². The molecule has 2 aromatic heterocycles. The first-order chi connectivity index (χ1) is 13.8. The normalized spacial score (nSPS) is 21.8. The number of ether oxygens (including phenoxy) is 2. The number of hydrogen-bond donors (Lipinski definition) is 1. The number of rotatable bonds is 6. The van der Waals surface area contributed by atoms with Gasteiger partial charge in [-0.1, -0.05) is 0 Å². The lowest BCUT2D eigenvalue weighted by molar-refractivity contribution is 0.0240. The summed E-state index contributed by atoms with van der Waals surface area (Å²) in [6.45, 7) is 4.82. The van der Waals surface area contributed by atoms with Crippen LogP contribution in [0.3, 0.4) is 0 Å². The first kappa shape index (κ1) is 19.7.